The minimum atomic E-state index is -0.627. The highest BCUT2D eigenvalue weighted by Gasteiger charge is 2.04. The molecule has 0 aliphatic heterocycles. The van der Waals surface area contributed by atoms with Gasteiger partial charge in [-0.1, -0.05) is 0 Å². The molecular formula is C12H15N3O3. The normalized spacial score (nSPS) is 10.2. The van der Waals surface area contributed by atoms with Crippen molar-refractivity contribution in [1.82, 2.24) is 5.43 Å². The summed E-state index contributed by atoms with van der Waals surface area (Å²) < 4.78 is 4.33. The van der Waals surface area contributed by atoms with Crippen molar-refractivity contribution in [1.29, 1.82) is 0 Å². The van der Waals surface area contributed by atoms with Crippen LogP contribution in [0.2, 0.25) is 0 Å². The van der Waals surface area contributed by atoms with E-state index in [4.69, 9.17) is 0 Å². The lowest BCUT2D eigenvalue weighted by Gasteiger charge is -2.12. The zero-order valence-electron chi connectivity index (χ0n) is 10.5. The predicted octanol–water partition coefficient (Wildman–Crippen LogP) is 0.641. The van der Waals surface area contributed by atoms with Crippen LogP contribution in [0.4, 0.5) is 5.69 Å². The lowest BCUT2D eigenvalue weighted by atomic mass is 10.2. The highest BCUT2D eigenvalue weighted by molar-refractivity contribution is 6.23. The molecule has 1 N–H and O–H groups in total. The second kappa shape index (κ2) is 6.39. The minimum absolute atomic E-state index is 0.388. The Bertz CT molecular complexity index is 452. The van der Waals surface area contributed by atoms with Gasteiger partial charge in [-0.2, -0.15) is 5.10 Å². The summed E-state index contributed by atoms with van der Waals surface area (Å²) in [6.07, 6.45) is 0.895. The van der Waals surface area contributed by atoms with Crippen LogP contribution in [0.1, 0.15) is 10.4 Å². The Balaban J connectivity index is 2.62. The number of rotatable bonds is 4. The fraction of sp³-hybridized carbons (Fsp3) is 0.250. The second-order valence-electron chi connectivity index (χ2n) is 3.66. The van der Waals surface area contributed by atoms with Crippen LogP contribution >= 0.6 is 0 Å². The quantitative estimate of drug-likeness (QED) is 0.483. The van der Waals surface area contributed by atoms with Crippen LogP contribution in [0.3, 0.4) is 0 Å². The molecule has 0 bridgehead atoms. The Hall–Kier alpha value is -2.37. The maximum Gasteiger partial charge on any atom is 0.350 e. The molecule has 1 rings (SSSR count). The molecule has 1 aromatic carbocycles. The molecule has 6 nitrogen and oxygen atoms in total. The fourth-order valence-electron chi connectivity index (χ4n) is 1.17. The summed E-state index contributed by atoms with van der Waals surface area (Å²) >= 11 is 0. The van der Waals surface area contributed by atoms with Gasteiger partial charge in [-0.15, -0.1) is 0 Å². The van der Waals surface area contributed by atoms with Crippen LogP contribution in [0, 0.1) is 0 Å². The van der Waals surface area contributed by atoms with Crippen molar-refractivity contribution in [2.45, 2.75) is 0 Å². The number of benzene rings is 1. The number of amides is 1. The summed E-state index contributed by atoms with van der Waals surface area (Å²) in [6.45, 7) is 0. The summed E-state index contributed by atoms with van der Waals surface area (Å²) in [6, 6.07) is 6.99. The Labute approximate surface area is 105 Å². The van der Waals surface area contributed by atoms with Gasteiger partial charge in [-0.05, 0) is 24.3 Å². The van der Waals surface area contributed by atoms with Crippen LogP contribution in [0.15, 0.2) is 29.4 Å². The van der Waals surface area contributed by atoms with Gasteiger partial charge in [0.1, 0.15) is 6.21 Å². The van der Waals surface area contributed by atoms with Crippen molar-refractivity contribution in [3.8, 4) is 0 Å². The van der Waals surface area contributed by atoms with E-state index >= 15 is 0 Å². The highest BCUT2D eigenvalue weighted by Crippen LogP contribution is 2.11. The fourth-order valence-corrected chi connectivity index (χ4v) is 1.17. The molecule has 0 aliphatic carbocycles. The van der Waals surface area contributed by atoms with Crippen molar-refractivity contribution < 1.29 is 14.3 Å². The highest BCUT2D eigenvalue weighted by atomic mass is 16.5. The largest absolute Gasteiger partial charge is 0.465 e. The third-order valence-electron chi connectivity index (χ3n) is 2.18. The molecule has 0 atom stereocenters. The van der Waals surface area contributed by atoms with Crippen LogP contribution < -0.4 is 10.3 Å². The number of carbonyl (C=O) groups is 2. The van der Waals surface area contributed by atoms with Gasteiger partial charge in [0.25, 0.3) is 5.91 Å². The van der Waals surface area contributed by atoms with Gasteiger partial charge in [0.2, 0.25) is 0 Å². The Morgan fingerprint density at radius 3 is 2.39 bits per heavy atom. The van der Waals surface area contributed by atoms with E-state index < -0.39 is 5.97 Å². The third-order valence-corrected chi connectivity index (χ3v) is 2.18. The summed E-state index contributed by atoms with van der Waals surface area (Å²) in [4.78, 5) is 24.3. The van der Waals surface area contributed by atoms with E-state index in [9.17, 15) is 9.59 Å². The zero-order chi connectivity index (χ0) is 13.5. The molecule has 96 valence electrons. The van der Waals surface area contributed by atoms with Gasteiger partial charge in [0.15, 0.2) is 0 Å². The van der Waals surface area contributed by atoms with E-state index in [1.807, 2.05) is 31.1 Å². The Kier molecular flexibility index (Phi) is 4.86. The van der Waals surface area contributed by atoms with Crippen molar-refractivity contribution in [2.24, 2.45) is 5.10 Å². The van der Waals surface area contributed by atoms with E-state index in [2.05, 4.69) is 15.3 Å². The molecule has 0 heterocycles. The molecule has 6 heteroatoms. The summed E-state index contributed by atoms with van der Waals surface area (Å²) in [7, 11) is 5.06. The first kappa shape index (κ1) is 13.7. The van der Waals surface area contributed by atoms with Gasteiger partial charge >= 0.3 is 5.97 Å². The molecular weight excluding hydrogens is 234 g/mol. The number of hydrazone groups is 1. The SMILES string of the molecule is COC(=O)/C=N/NC(=O)c1ccc(N(C)C)cc1. The molecule has 1 aromatic rings. The number of anilines is 1. The molecule has 0 aliphatic rings. The van der Waals surface area contributed by atoms with Crippen LogP contribution in [0.25, 0.3) is 0 Å². The van der Waals surface area contributed by atoms with Gasteiger partial charge in [-0.25, -0.2) is 10.2 Å². The number of esters is 1. The molecule has 0 fully saturated rings. The lowest BCUT2D eigenvalue weighted by molar-refractivity contribution is -0.132. The number of nitrogens with one attached hydrogen (secondary N) is 1. The summed E-state index contributed by atoms with van der Waals surface area (Å²) in [5, 5.41) is 3.47. The van der Waals surface area contributed by atoms with Crippen LogP contribution in [-0.2, 0) is 9.53 Å². The first-order valence-electron chi connectivity index (χ1n) is 5.23. The number of carbonyl (C=O) groups excluding carboxylic acids is 2. The molecule has 0 saturated heterocycles. The van der Waals surface area contributed by atoms with Crippen molar-refractivity contribution in [2.75, 3.05) is 26.1 Å². The summed E-state index contributed by atoms with van der Waals surface area (Å²) in [5.41, 5.74) is 3.68. The Morgan fingerprint density at radius 2 is 1.89 bits per heavy atom. The average molecular weight is 249 g/mol. The predicted molar refractivity (Wildman–Crippen MR) is 68.7 cm³/mol. The first-order valence-corrected chi connectivity index (χ1v) is 5.23. The van der Waals surface area contributed by atoms with Crippen molar-refractivity contribution in [3.05, 3.63) is 29.8 Å². The first-order chi connectivity index (χ1) is 8.54. The van der Waals surface area contributed by atoms with Gasteiger partial charge in [-0.3, -0.25) is 4.79 Å². The number of methoxy groups -OCH3 is 1. The van der Waals surface area contributed by atoms with E-state index in [0.29, 0.717) is 5.56 Å². The molecule has 0 unspecified atom stereocenters. The monoisotopic (exact) mass is 249 g/mol. The van der Waals surface area contributed by atoms with Crippen molar-refractivity contribution >= 4 is 23.8 Å². The zero-order valence-corrected chi connectivity index (χ0v) is 10.5. The number of hydrogen-bond donors (Lipinski definition) is 1. The number of nitrogens with zero attached hydrogens (tertiary/aromatic N) is 2. The summed E-state index contributed by atoms with van der Waals surface area (Å²) in [5.74, 6) is -1.02. The molecule has 18 heavy (non-hydrogen) atoms. The second-order valence-corrected chi connectivity index (χ2v) is 3.66. The molecule has 0 spiro atoms. The molecule has 1 amide bonds. The molecule has 0 radical (unpaired) electrons. The molecule has 0 aromatic heterocycles. The van der Waals surface area contributed by atoms with E-state index in [-0.39, 0.29) is 5.91 Å². The van der Waals surface area contributed by atoms with E-state index in [0.717, 1.165) is 11.9 Å². The van der Waals surface area contributed by atoms with Gasteiger partial charge < -0.3 is 9.64 Å². The molecule has 0 saturated carbocycles. The lowest BCUT2D eigenvalue weighted by Crippen LogP contribution is -2.19. The average Bonchev–Trinajstić information content (AvgIpc) is 2.38. The minimum Gasteiger partial charge on any atom is -0.465 e. The topological polar surface area (TPSA) is 71.0 Å². The number of ether oxygens (including phenoxy) is 1. The standard InChI is InChI=1S/C12H15N3O3/c1-15(2)10-6-4-9(5-7-10)12(17)14-13-8-11(16)18-3/h4-8H,1-3H3,(H,14,17)/b13-8+. The third kappa shape index (κ3) is 3.89. The Morgan fingerprint density at radius 1 is 1.28 bits per heavy atom. The smallest absolute Gasteiger partial charge is 0.350 e. The van der Waals surface area contributed by atoms with Crippen LogP contribution in [-0.4, -0.2) is 39.3 Å². The van der Waals surface area contributed by atoms with Crippen LogP contribution in [0.5, 0.6) is 0 Å². The van der Waals surface area contributed by atoms with E-state index in [1.54, 1.807) is 12.1 Å². The van der Waals surface area contributed by atoms with Crippen molar-refractivity contribution in [3.63, 3.8) is 0 Å². The van der Waals surface area contributed by atoms with E-state index in [1.165, 1.54) is 7.11 Å². The van der Waals surface area contributed by atoms with Gasteiger partial charge in [0, 0.05) is 25.3 Å². The number of hydrogen-bond acceptors (Lipinski definition) is 5. The maximum absolute atomic E-state index is 11.6. The maximum atomic E-state index is 11.6. The van der Waals surface area contributed by atoms with Gasteiger partial charge in [0.05, 0.1) is 7.11 Å².